The summed E-state index contributed by atoms with van der Waals surface area (Å²) in [6.45, 7) is 2.40. The molecule has 0 saturated carbocycles. The molecule has 1 aromatic rings. The molecule has 1 heterocycles. The number of pyridine rings is 1. The second-order valence-corrected chi connectivity index (χ2v) is 4.52. The number of carboxylic acid groups (broad SMARTS) is 1. The molecular weight excluding hydrogens is 258 g/mol. The molecule has 0 aliphatic carbocycles. The van der Waals surface area contributed by atoms with Gasteiger partial charge in [0.2, 0.25) is 5.91 Å². The zero-order chi connectivity index (χ0) is 15.1. The van der Waals surface area contributed by atoms with Gasteiger partial charge in [-0.05, 0) is 23.8 Å². The Morgan fingerprint density at radius 3 is 2.70 bits per heavy atom. The Morgan fingerprint density at radius 1 is 1.50 bits per heavy atom. The quantitative estimate of drug-likeness (QED) is 0.758. The van der Waals surface area contributed by atoms with Crippen molar-refractivity contribution in [2.24, 2.45) is 5.92 Å². The van der Waals surface area contributed by atoms with Crippen LogP contribution in [-0.2, 0) is 9.59 Å². The smallest absolute Gasteiger partial charge is 0.328 e. The van der Waals surface area contributed by atoms with Crippen molar-refractivity contribution in [1.82, 2.24) is 10.3 Å². The highest BCUT2D eigenvalue weighted by Crippen LogP contribution is 2.12. The second-order valence-electron chi connectivity index (χ2n) is 4.52. The Labute approximate surface area is 118 Å². The number of hydrogen-bond acceptors (Lipinski definition) is 4. The van der Waals surface area contributed by atoms with E-state index in [9.17, 15) is 9.59 Å². The van der Waals surface area contributed by atoms with Crippen molar-refractivity contribution in [2.45, 2.75) is 6.92 Å². The van der Waals surface area contributed by atoms with Crippen LogP contribution in [-0.4, -0.2) is 42.6 Å². The normalized spacial score (nSPS) is 12.2. The third kappa shape index (κ3) is 4.72. The zero-order valence-corrected chi connectivity index (χ0v) is 11.8. The maximum atomic E-state index is 11.5. The summed E-state index contributed by atoms with van der Waals surface area (Å²) in [4.78, 5) is 28.0. The predicted octanol–water partition coefficient (Wildman–Crippen LogP) is 0.998. The Morgan fingerprint density at radius 2 is 2.20 bits per heavy atom. The van der Waals surface area contributed by atoms with E-state index >= 15 is 0 Å². The van der Waals surface area contributed by atoms with E-state index in [-0.39, 0.29) is 11.8 Å². The molecule has 0 bridgehead atoms. The molecular formula is C14H19N3O3. The number of rotatable bonds is 6. The van der Waals surface area contributed by atoms with Gasteiger partial charge in [-0.25, -0.2) is 9.78 Å². The second kappa shape index (κ2) is 7.28. The minimum absolute atomic E-state index is 0.0159. The van der Waals surface area contributed by atoms with Gasteiger partial charge in [0.1, 0.15) is 5.82 Å². The van der Waals surface area contributed by atoms with E-state index in [0.717, 1.165) is 11.9 Å². The van der Waals surface area contributed by atoms with Gasteiger partial charge in [0.05, 0.1) is 5.92 Å². The minimum Gasteiger partial charge on any atom is -0.478 e. The number of anilines is 1. The lowest BCUT2D eigenvalue weighted by Gasteiger charge is -2.21. The van der Waals surface area contributed by atoms with Gasteiger partial charge in [0.25, 0.3) is 0 Å². The van der Waals surface area contributed by atoms with Crippen LogP contribution in [0.3, 0.4) is 0 Å². The van der Waals surface area contributed by atoms with Crippen molar-refractivity contribution in [3.63, 3.8) is 0 Å². The molecule has 1 atom stereocenters. The molecule has 20 heavy (non-hydrogen) atoms. The molecule has 0 saturated heterocycles. The monoisotopic (exact) mass is 277 g/mol. The molecule has 0 fully saturated rings. The standard InChI is InChI=1S/C14H19N3O3/c1-10(14(20)15-2)9-17(3)12-6-4-11(8-16-12)5-7-13(18)19/h4-8,10H,9H2,1-3H3,(H,15,20)(H,18,19)/b7-5+. The van der Waals surface area contributed by atoms with E-state index in [1.54, 1.807) is 25.4 Å². The fraction of sp³-hybridized carbons (Fsp3) is 0.357. The van der Waals surface area contributed by atoms with Crippen molar-refractivity contribution >= 4 is 23.8 Å². The van der Waals surface area contributed by atoms with E-state index < -0.39 is 5.97 Å². The van der Waals surface area contributed by atoms with Crippen LogP contribution in [0.5, 0.6) is 0 Å². The Kier molecular flexibility index (Phi) is 5.71. The summed E-state index contributed by atoms with van der Waals surface area (Å²) in [5.41, 5.74) is 0.712. The molecule has 0 aliphatic heterocycles. The van der Waals surface area contributed by atoms with Crippen LogP contribution in [0, 0.1) is 5.92 Å². The van der Waals surface area contributed by atoms with Gasteiger partial charge in [0.15, 0.2) is 0 Å². The Hall–Kier alpha value is -2.37. The first kappa shape index (κ1) is 15.7. The number of amides is 1. The van der Waals surface area contributed by atoms with Gasteiger partial charge in [-0.3, -0.25) is 4.79 Å². The van der Waals surface area contributed by atoms with Crippen LogP contribution in [0.25, 0.3) is 6.08 Å². The molecule has 0 aromatic carbocycles. The van der Waals surface area contributed by atoms with Gasteiger partial charge in [-0.15, -0.1) is 0 Å². The van der Waals surface area contributed by atoms with Crippen molar-refractivity contribution in [1.29, 1.82) is 0 Å². The van der Waals surface area contributed by atoms with E-state index in [0.29, 0.717) is 12.1 Å². The molecule has 1 aromatic heterocycles. The molecule has 1 amide bonds. The van der Waals surface area contributed by atoms with Crippen molar-refractivity contribution in [3.05, 3.63) is 30.0 Å². The number of nitrogens with zero attached hydrogens (tertiary/aromatic N) is 2. The minimum atomic E-state index is -0.995. The lowest BCUT2D eigenvalue weighted by Crippen LogP contribution is -2.34. The van der Waals surface area contributed by atoms with E-state index in [2.05, 4.69) is 10.3 Å². The molecule has 0 spiro atoms. The highest BCUT2D eigenvalue weighted by molar-refractivity contribution is 5.85. The lowest BCUT2D eigenvalue weighted by molar-refractivity contribution is -0.131. The van der Waals surface area contributed by atoms with E-state index in [4.69, 9.17) is 5.11 Å². The fourth-order valence-corrected chi connectivity index (χ4v) is 1.72. The number of nitrogens with one attached hydrogen (secondary N) is 1. The molecule has 0 radical (unpaired) electrons. The van der Waals surface area contributed by atoms with E-state index in [1.165, 1.54) is 6.08 Å². The van der Waals surface area contributed by atoms with Gasteiger partial charge in [-0.2, -0.15) is 0 Å². The predicted molar refractivity (Wildman–Crippen MR) is 77.4 cm³/mol. The molecule has 6 nitrogen and oxygen atoms in total. The summed E-state index contributed by atoms with van der Waals surface area (Å²) >= 11 is 0. The number of carbonyl (C=O) groups excluding carboxylic acids is 1. The van der Waals surface area contributed by atoms with Crippen molar-refractivity contribution in [2.75, 3.05) is 25.5 Å². The lowest BCUT2D eigenvalue weighted by atomic mass is 10.1. The fourth-order valence-electron chi connectivity index (χ4n) is 1.72. The topological polar surface area (TPSA) is 82.5 Å². The average Bonchev–Trinajstić information content (AvgIpc) is 2.44. The molecule has 1 rings (SSSR count). The highest BCUT2D eigenvalue weighted by atomic mass is 16.4. The zero-order valence-electron chi connectivity index (χ0n) is 11.8. The summed E-state index contributed by atoms with van der Waals surface area (Å²) in [6, 6.07) is 3.57. The number of aliphatic carboxylic acids is 1. The number of hydrogen-bond donors (Lipinski definition) is 2. The third-order valence-corrected chi connectivity index (χ3v) is 2.82. The Balaban J connectivity index is 2.68. The summed E-state index contributed by atoms with van der Waals surface area (Å²) in [5.74, 6) is -0.421. The maximum Gasteiger partial charge on any atom is 0.328 e. The van der Waals surface area contributed by atoms with Crippen molar-refractivity contribution < 1.29 is 14.7 Å². The van der Waals surface area contributed by atoms with Crippen LogP contribution in [0.1, 0.15) is 12.5 Å². The number of carboxylic acids is 1. The van der Waals surface area contributed by atoms with Crippen LogP contribution in [0.15, 0.2) is 24.4 Å². The summed E-state index contributed by atoms with van der Waals surface area (Å²) in [6.07, 6.45) is 4.14. The molecule has 6 heteroatoms. The highest BCUT2D eigenvalue weighted by Gasteiger charge is 2.14. The molecule has 0 aliphatic rings. The molecule has 2 N–H and O–H groups in total. The summed E-state index contributed by atoms with van der Waals surface area (Å²) < 4.78 is 0. The SMILES string of the molecule is CNC(=O)C(C)CN(C)c1ccc(/C=C/C(=O)O)cn1. The number of carbonyl (C=O) groups is 2. The Bertz CT molecular complexity index is 497. The van der Waals surface area contributed by atoms with Crippen LogP contribution >= 0.6 is 0 Å². The largest absolute Gasteiger partial charge is 0.478 e. The van der Waals surface area contributed by atoms with Crippen LogP contribution in [0.2, 0.25) is 0 Å². The first-order valence-corrected chi connectivity index (χ1v) is 6.24. The number of aromatic nitrogens is 1. The van der Waals surface area contributed by atoms with E-state index in [1.807, 2.05) is 18.9 Å². The molecule has 108 valence electrons. The molecule has 1 unspecified atom stereocenters. The van der Waals surface area contributed by atoms with Crippen molar-refractivity contribution in [3.8, 4) is 0 Å². The van der Waals surface area contributed by atoms with Gasteiger partial charge in [0, 0.05) is 32.9 Å². The summed E-state index contributed by atoms with van der Waals surface area (Å²) in [7, 11) is 3.47. The van der Waals surface area contributed by atoms with Crippen LogP contribution < -0.4 is 10.2 Å². The summed E-state index contributed by atoms with van der Waals surface area (Å²) in [5, 5.41) is 11.1. The van der Waals surface area contributed by atoms with Gasteiger partial charge in [-0.1, -0.05) is 6.92 Å². The third-order valence-electron chi connectivity index (χ3n) is 2.82. The van der Waals surface area contributed by atoms with Gasteiger partial charge >= 0.3 is 5.97 Å². The first-order chi connectivity index (χ1) is 9.43. The first-order valence-electron chi connectivity index (χ1n) is 6.24. The van der Waals surface area contributed by atoms with Crippen LogP contribution in [0.4, 0.5) is 5.82 Å². The average molecular weight is 277 g/mol. The van der Waals surface area contributed by atoms with Gasteiger partial charge < -0.3 is 15.3 Å². The maximum absolute atomic E-state index is 11.5.